The molecule has 0 aromatic heterocycles. The second-order valence-electron chi connectivity index (χ2n) is 4.69. The average molecular weight is 252 g/mol. The molecule has 0 fully saturated rings. The number of carbonyl (C=O) groups is 1. The van der Waals surface area contributed by atoms with Crippen LogP contribution in [-0.4, -0.2) is 11.1 Å². The van der Waals surface area contributed by atoms with E-state index in [9.17, 15) is 4.79 Å². The fourth-order valence-corrected chi connectivity index (χ4v) is 2.01. The van der Waals surface area contributed by atoms with Gasteiger partial charge in [-0.25, -0.2) is 4.79 Å². The number of hydrogen-bond acceptors (Lipinski definition) is 1. The summed E-state index contributed by atoms with van der Waals surface area (Å²) < 4.78 is 0. The highest BCUT2D eigenvalue weighted by Gasteiger charge is 2.08. The van der Waals surface area contributed by atoms with Gasteiger partial charge in [-0.15, -0.1) is 0 Å². The van der Waals surface area contributed by atoms with Crippen LogP contribution >= 0.6 is 0 Å². The minimum absolute atomic E-state index is 0.312. The first-order valence-electron chi connectivity index (χ1n) is 6.15. The Balaban J connectivity index is 2.61. The van der Waals surface area contributed by atoms with E-state index < -0.39 is 5.97 Å². The zero-order valence-electron chi connectivity index (χ0n) is 11.1. The number of allylic oxidation sites excluding steroid dienone is 1. The van der Waals surface area contributed by atoms with Gasteiger partial charge in [0.15, 0.2) is 0 Å². The van der Waals surface area contributed by atoms with Crippen molar-refractivity contribution in [2.24, 2.45) is 0 Å². The predicted molar refractivity (Wildman–Crippen MR) is 78.2 cm³/mol. The Labute approximate surface area is 113 Å². The van der Waals surface area contributed by atoms with E-state index in [1.807, 2.05) is 56.3 Å². The minimum Gasteiger partial charge on any atom is -0.478 e. The zero-order chi connectivity index (χ0) is 13.8. The molecule has 0 unspecified atom stereocenters. The highest BCUT2D eigenvalue weighted by atomic mass is 16.4. The Kier molecular flexibility index (Phi) is 3.81. The van der Waals surface area contributed by atoms with Gasteiger partial charge in [0.2, 0.25) is 0 Å². The number of carboxylic acids is 1. The third-order valence-electron chi connectivity index (χ3n) is 2.83. The molecular weight excluding hydrogens is 236 g/mol. The van der Waals surface area contributed by atoms with Gasteiger partial charge in [0.05, 0.1) is 5.56 Å². The Morgan fingerprint density at radius 3 is 2.32 bits per heavy atom. The first kappa shape index (κ1) is 13.1. The standard InChI is InChI=1S/C17H16O2/c1-12(2)10-15-11-14(17(18)19)8-9-16(15)13-6-4-3-5-7-13/h3-11H,1-2H3,(H,18,19). The van der Waals surface area contributed by atoms with Crippen LogP contribution in [0.1, 0.15) is 29.8 Å². The summed E-state index contributed by atoms with van der Waals surface area (Å²) in [7, 11) is 0. The van der Waals surface area contributed by atoms with E-state index in [4.69, 9.17) is 5.11 Å². The van der Waals surface area contributed by atoms with E-state index in [1.54, 1.807) is 12.1 Å². The molecule has 0 saturated carbocycles. The van der Waals surface area contributed by atoms with Crippen molar-refractivity contribution >= 4 is 12.0 Å². The molecule has 2 aromatic rings. The molecular formula is C17H16O2. The molecule has 2 rings (SSSR count). The highest BCUT2D eigenvalue weighted by Crippen LogP contribution is 2.26. The van der Waals surface area contributed by atoms with Gasteiger partial charge in [0.1, 0.15) is 0 Å². The first-order valence-corrected chi connectivity index (χ1v) is 6.15. The number of carboxylic acid groups (broad SMARTS) is 1. The third kappa shape index (κ3) is 3.10. The summed E-state index contributed by atoms with van der Waals surface area (Å²) in [5, 5.41) is 9.08. The minimum atomic E-state index is -0.900. The second kappa shape index (κ2) is 5.53. The molecule has 0 bridgehead atoms. The molecule has 19 heavy (non-hydrogen) atoms. The van der Waals surface area contributed by atoms with Crippen LogP contribution in [0.4, 0.5) is 0 Å². The predicted octanol–water partition coefficient (Wildman–Crippen LogP) is 4.48. The zero-order valence-corrected chi connectivity index (χ0v) is 11.1. The molecule has 0 amide bonds. The van der Waals surface area contributed by atoms with Crippen LogP contribution in [0.3, 0.4) is 0 Å². The van der Waals surface area contributed by atoms with E-state index in [1.165, 1.54) is 0 Å². The summed E-state index contributed by atoms with van der Waals surface area (Å²) in [6.07, 6.45) is 2.01. The van der Waals surface area contributed by atoms with Gasteiger partial charge >= 0.3 is 5.97 Å². The van der Waals surface area contributed by atoms with E-state index in [-0.39, 0.29) is 0 Å². The van der Waals surface area contributed by atoms with Crippen LogP contribution in [0, 0.1) is 0 Å². The summed E-state index contributed by atoms with van der Waals surface area (Å²) in [5.41, 5.74) is 4.52. The lowest BCUT2D eigenvalue weighted by atomic mass is 9.96. The molecule has 0 atom stereocenters. The number of hydrogen-bond donors (Lipinski definition) is 1. The highest BCUT2D eigenvalue weighted by molar-refractivity contribution is 5.90. The van der Waals surface area contributed by atoms with Gasteiger partial charge in [-0.2, -0.15) is 0 Å². The van der Waals surface area contributed by atoms with E-state index in [2.05, 4.69) is 0 Å². The molecule has 2 heteroatoms. The average Bonchev–Trinajstić information content (AvgIpc) is 2.39. The molecule has 0 radical (unpaired) electrons. The van der Waals surface area contributed by atoms with E-state index in [0.717, 1.165) is 22.3 Å². The van der Waals surface area contributed by atoms with Crippen LogP contribution in [0.25, 0.3) is 17.2 Å². The summed E-state index contributed by atoms with van der Waals surface area (Å²) in [5.74, 6) is -0.900. The van der Waals surface area contributed by atoms with Crippen LogP contribution < -0.4 is 0 Å². The molecule has 1 N–H and O–H groups in total. The van der Waals surface area contributed by atoms with Crippen molar-refractivity contribution in [3.05, 3.63) is 65.2 Å². The fourth-order valence-electron chi connectivity index (χ4n) is 2.01. The monoisotopic (exact) mass is 252 g/mol. The maximum Gasteiger partial charge on any atom is 0.335 e. The molecule has 0 aliphatic rings. The molecule has 96 valence electrons. The normalized spacial score (nSPS) is 10.0. The van der Waals surface area contributed by atoms with Crippen molar-refractivity contribution in [2.75, 3.05) is 0 Å². The molecule has 0 spiro atoms. The van der Waals surface area contributed by atoms with Crippen molar-refractivity contribution < 1.29 is 9.90 Å². The molecule has 0 heterocycles. The van der Waals surface area contributed by atoms with Crippen molar-refractivity contribution in [1.29, 1.82) is 0 Å². The SMILES string of the molecule is CC(C)=Cc1cc(C(=O)O)ccc1-c1ccccc1. The van der Waals surface area contributed by atoms with Crippen molar-refractivity contribution in [2.45, 2.75) is 13.8 Å². The van der Waals surface area contributed by atoms with Crippen LogP contribution in [-0.2, 0) is 0 Å². The third-order valence-corrected chi connectivity index (χ3v) is 2.83. The van der Waals surface area contributed by atoms with Gasteiger partial charge in [0.25, 0.3) is 0 Å². The largest absolute Gasteiger partial charge is 0.478 e. The lowest BCUT2D eigenvalue weighted by molar-refractivity contribution is 0.0697. The van der Waals surface area contributed by atoms with Crippen LogP contribution in [0.15, 0.2) is 54.1 Å². The molecule has 0 aliphatic carbocycles. The number of aromatic carboxylic acids is 1. The summed E-state index contributed by atoms with van der Waals surface area (Å²) in [6.45, 7) is 4.00. The molecule has 2 aromatic carbocycles. The molecule has 0 aliphatic heterocycles. The molecule has 0 saturated heterocycles. The van der Waals surface area contributed by atoms with Crippen molar-refractivity contribution in [3.8, 4) is 11.1 Å². The lowest BCUT2D eigenvalue weighted by Crippen LogP contribution is -1.97. The van der Waals surface area contributed by atoms with Crippen molar-refractivity contribution in [1.82, 2.24) is 0 Å². The lowest BCUT2D eigenvalue weighted by Gasteiger charge is -2.08. The van der Waals surface area contributed by atoms with Crippen LogP contribution in [0.2, 0.25) is 0 Å². The van der Waals surface area contributed by atoms with E-state index >= 15 is 0 Å². The Morgan fingerprint density at radius 1 is 1.05 bits per heavy atom. The quantitative estimate of drug-likeness (QED) is 0.874. The van der Waals surface area contributed by atoms with Gasteiger partial charge in [-0.05, 0) is 42.7 Å². The summed E-state index contributed by atoms with van der Waals surface area (Å²) >= 11 is 0. The topological polar surface area (TPSA) is 37.3 Å². The number of benzene rings is 2. The summed E-state index contributed by atoms with van der Waals surface area (Å²) in [6, 6.07) is 15.2. The fraction of sp³-hybridized carbons (Fsp3) is 0.118. The first-order chi connectivity index (χ1) is 9.08. The van der Waals surface area contributed by atoms with Gasteiger partial charge in [-0.3, -0.25) is 0 Å². The van der Waals surface area contributed by atoms with Gasteiger partial charge < -0.3 is 5.11 Å². The van der Waals surface area contributed by atoms with E-state index in [0.29, 0.717) is 5.56 Å². The Hall–Kier alpha value is -2.35. The Morgan fingerprint density at radius 2 is 1.74 bits per heavy atom. The summed E-state index contributed by atoms with van der Waals surface area (Å²) in [4.78, 5) is 11.1. The van der Waals surface area contributed by atoms with Crippen LogP contribution in [0.5, 0.6) is 0 Å². The smallest absolute Gasteiger partial charge is 0.335 e. The maximum absolute atomic E-state index is 11.1. The molecule has 2 nitrogen and oxygen atoms in total. The second-order valence-corrected chi connectivity index (χ2v) is 4.69. The van der Waals surface area contributed by atoms with Crippen molar-refractivity contribution in [3.63, 3.8) is 0 Å². The maximum atomic E-state index is 11.1. The number of rotatable bonds is 3. The van der Waals surface area contributed by atoms with Gasteiger partial charge in [0, 0.05) is 0 Å². The van der Waals surface area contributed by atoms with Gasteiger partial charge in [-0.1, -0.05) is 48.0 Å². The Bertz CT molecular complexity index is 621.